The Balaban J connectivity index is 1.15. The average molecular weight is 701 g/mol. The molecule has 0 saturated carbocycles. The molecule has 8 aromatic rings. The largest absolute Gasteiger partial charge is 0.255 e. The zero-order chi connectivity index (χ0) is 36.3. The minimum atomic E-state index is -1.47. The third kappa shape index (κ3) is 5.78. The smallest absolute Gasteiger partial charge is 0.165 e. The van der Waals surface area contributed by atoms with Gasteiger partial charge in [-0.05, 0) is 68.4 Å². The predicted molar refractivity (Wildman–Crippen MR) is 223 cm³/mol. The SMILES string of the molecule is CC1(C)c2ccccc2-c2ccc(-c3ccc(-c4nc(-c5ccc([Si](C)(C)C)cc5)nc(-c5ccc(-c6ccccc6)c6ccccc56)n4)cn3)cc21. The summed E-state index contributed by atoms with van der Waals surface area (Å²) < 4.78 is 0. The molecule has 0 spiro atoms. The summed E-state index contributed by atoms with van der Waals surface area (Å²) in [5.41, 5.74) is 12.4. The summed E-state index contributed by atoms with van der Waals surface area (Å²) in [7, 11) is -1.47. The van der Waals surface area contributed by atoms with Crippen molar-refractivity contribution >= 4 is 24.0 Å². The second kappa shape index (κ2) is 12.6. The summed E-state index contributed by atoms with van der Waals surface area (Å²) in [6.07, 6.45) is 1.90. The van der Waals surface area contributed by atoms with Crippen LogP contribution in [-0.4, -0.2) is 28.0 Å². The lowest BCUT2D eigenvalue weighted by Crippen LogP contribution is -2.37. The molecule has 0 radical (unpaired) electrons. The van der Waals surface area contributed by atoms with Crippen molar-refractivity contribution in [3.63, 3.8) is 0 Å². The second-order valence-electron chi connectivity index (χ2n) is 15.6. The Kier molecular flexibility index (Phi) is 7.79. The van der Waals surface area contributed by atoms with E-state index < -0.39 is 8.07 Å². The molecule has 0 unspecified atom stereocenters. The van der Waals surface area contributed by atoms with Crippen LogP contribution in [0, 0.1) is 0 Å². The molecule has 4 nitrogen and oxygen atoms in total. The third-order valence-corrected chi connectivity index (χ3v) is 12.9. The predicted octanol–water partition coefficient (Wildman–Crippen LogP) is 11.6. The molecule has 0 aliphatic heterocycles. The Labute approximate surface area is 312 Å². The molecule has 53 heavy (non-hydrogen) atoms. The van der Waals surface area contributed by atoms with Crippen LogP contribution < -0.4 is 5.19 Å². The Hall–Kier alpha value is -6.04. The van der Waals surface area contributed by atoms with Crippen LogP contribution in [0.4, 0.5) is 0 Å². The van der Waals surface area contributed by atoms with E-state index in [2.05, 4.69) is 179 Å². The molecule has 5 heteroatoms. The van der Waals surface area contributed by atoms with E-state index in [0.29, 0.717) is 17.5 Å². The molecule has 0 saturated heterocycles. The summed E-state index contributed by atoms with van der Waals surface area (Å²) >= 11 is 0. The lowest BCUT2D eigenvalue weighted by Gasteiger charge is -2.21. The third-order valence-electron chi connectivity index (χ3n) is 10.8. The molecular weight excluding hydrogens is 661 g/mol. The minimum Gasteiger partial charge on any atom is -0.255 e. The van der Waals surface area contributed by atoms with Crippen molar-refractivity contribution in [2.24, 2.45) is 0 Å². The molecule has 0 fully saturated rings. The molecular formula is C48H40N4Si. The molecule has 2 aromatic heterocycles. The first-order chi connectivity index (χ1) is 25.6. The molecule has 1 aliphatic rings. The number of aromatic nitrogens is 4. The number of nitrogens with zero attached hydrogens (tertiary/aromatic N) is 4. The van der Waals surface area contributed by atoms with Gasteiger partial charge >= 0.3 is 0 Å². The fourth-order valence-electron chi connectivity index (χ4n) is 7.80. The van der Waals surface area contributed by atoms with Crippen LogP contribution in [0.3, 0.4) is 0 Å². The van der Waals surface area contributed by atoms with Crippen LogP contribution >= 0.6 is 0 Å². The van der Waals surface area contributed by atoms with Gasteiger partial charge in [-0.3, -0.25) is 4.98 Å². The van der Waals surface area contributed by atoms with Crippen LogP contribution in [0.5, 0.6) is 0 Å². The van der Waals surface area contributed by atoms with Gasteiger partial charge in [-0.25, -0.2) is 15.0 Å². The molecule has 9 rings (SSSR count). The number of pyridine rings is 1. The molecule has 2 heterocycles. The quantitative estimate of drug-likeness (QED) is 0.162. The van der Waals surface area contributed by atoms with Gasteiger partial charge in [0.05, 0.1) is 13.8 Å². The van der Waals surface area contributed by atoms with E-state index in [-0.39, 0.29) is 5.41 Å². The molecule has 6 aromatic carbocycles. The van der Waals surface area contributed by atoms with Crippen molar-refractivity contribution in [1.29, 1.82) is 0 Å². The topological polar surface area (TPSA) is 51.6 Å². The Bertz CT molecular complexity index is 2660. The lowest BCUT2D eigenvalue weighted by molar-refractivity contribution is 0.660. The second-order valence-corrected chi connectivity index (χ2v) is 20.6. The van der Waals surface area contributed by atoms with Crippen molar-refractivity contribution in [2.45, 2.75) is 38.9 Å². The summed E-state index contributed by atoms with van der Waals surface area (Å²) in [6, 6.07) is 51.8. The zero-order valence-corrected chi connectivity index (χ0v) is 31.7. The van der Waals surface area contributed by atoms with Gasteiger partial charge in [-0.15, -0.1) is 0 Å². The average Bonchev–Trinajstić information content (AvgIpc) is 3.43. The normalized spacial score (nSPS) is 13.2. The maximum Gasteiger partial charge on any atom is 0.165 e. The van der Waals surface area contributed by atoms with E-state index in [9.17, 15) is 0 Å². The maximum atomic E-state index is 5.15. The van der Waals surface area contributed by atoms with Crippen molar-refractivity contribution in [2.75, 3.05) is 0 Å². The fourth-order valence-corrected chi connectivity index (χ4v) is 8.96. The monoisotopic (exact) mass is 700 g/mol. The Morgan fingerprint density at radius 1 is 0.434 bits per heavy atom. The van der Waals surface area contributed by atoms with E-state index in [1.165, 1.54) is 38.6 Å². The van der Waals surface area contributed by atoms with Crippen LogP contribution in [0.1, 0.15) is 25.0 Å². The van der Waals surface area contributed by atoms with Crippen LogP contribution in [0.2, 0.25) is 19.6 Å². The Morgan fingerprint density at radius 2 is 1.00 bits per heavy atom. The van der Waals surface area contributed by atoms with Crippen molar-refractivity contribution in [3.05, 3.63) is 163 Å². The van der Waals surface area contributed by atoms with Gasteiger partial charge in [0.1, 0.15) is 0 Å². The summed E-state index contributed by atoms with van der Waals surface area (Å²) in [5.74, 6) is 1.88. The summed E-state index contributed by atoms with van der Waals surface area (Å²) in [4.78, 5) is 20.4. The first-order valence-corrected chi connectivity index (χ1v) is 21.8. The van der Waals surface area contributed by atoms with Gasteiger partial charge in [-0.1, -0.05) is 160 Å². The highest BCUT2D eigenvalue weighted by atomic mass is 28.3. The van der Waals surface area contributed by atoms with Gasteiger partial charge in [0, 0.05) is 33.9 Å². The first-order valence-electron chi connectivity index (χ1n) is 18.3. The van der Waals surface area contributed by atoms with E-state index in [4.69, 9.17) is 19.9 Å². The van der Waals surface area contributed by atoms with Crippen molar-refractivity contribution < 1.29 is 0 Å². The number of benzene rings is 6. The first kappa shape index (κ1) is 32.8. The van der Waals surface area contributed by atoms with Gasteiger partial charge in [0.15, 0.2) is 17.5 Å². The summed E-state index contributed by atoms with van der Waals surface area (Å²) in [6.45, 7) is 11.7. The highest BCUT2D eigenvalue weighted by Crippen LogP contribution is 2.49. The number of hydrogen-bond donors (Lipinski definition) is 0. The van der Waals surface area contributed by atoms with Crippen LogP contribution in [-0.2, 0) is 5.41 Å². The number of fused-ring (bicyclic) bond motifs is 4. The molecule has 0 bridgehead atoms. The molecule has 0 atom stereocenters. The van der Waals surface area contributed by atoms with E-state index in [1.807, 2.05) is 6.20 Å². The molecule has 256 valence electrons. The fraction of sp³-hybridized carbons (Fsp3) is 0.125. The van der Waals surface area contributed by atoms with Gasteiger partial charge in [0.2, 0.25) is 0 Å². The van der Waals surface area contributed by atoms with E-state index >= 15 is 0 Å². The molecule has 0 N–H and O–H groups in total. The Morgan fingerprint density at radius 3 is 1.72 bits per heavy atom. The van der Waals surface area contributed by atoms with E-state index in [0.717, 1.165) is 38.7 Å². The molecule has 1 aliphatic carbocycles. The maximum absolute atomic E-state index is 5.15. The van der Waals surface area contributed by atoms with Gasteiger partial charge < -0.3 is 0 Å². The highest BCUT2D eigenvalue weighted by molar-refractivity contribution is 6.88. The summed E-state index contributed by atoms with van der Waals surface area (Å²) in [5, 5.41) is 3.66. The number of hydrogen-bond acceptors (Lipinski definition) is 4. The van der Waals surface area contributed by atoms with Crippen molar-refractivity contribution in [1.82, 2.24) is 19.9 Å². The number of rotatable bonds is 6. The lowest BCUT2D eigenvalue weighted by atomic mass is 9.82. The van der Waals surface area contributed by atoms with Crippen molar-refractivity contribution in [3.8, 4) is 67.7 Å². The molecule has 0 amide bonds. The van der Waals surface area contributed by atoms with Gasteiger partial charge in [0.25, 0.3) is 0 Å². The van der Waals surface area contributed by atoms with E-state index in [1.54, 1.807) is 0 Å². The van der Waals surface area contributed by atoms with Gasteiger partial charge in [-0.2, -0.15) is 0 Å². The highest BCUT2D eigenvalue weighted by Gasteiger charge is 2.35. The zero-order valence-electron chi connectivity index (χ0n) is 30.7. The van der Waals surface area contributed by atoms with Crippen LogP contribution in [0.25, 0.3) is 78.4 Å². The standard InChI is InChI=1S/C48H40N4Si/c1-48(2)42-18-12-11-17-39(42)40-25-21-33(29-43(40)48)44-28-22-34(30-49-44)46-50-45(32-19-23-35(24-20-32)53(3,4)5)51-47(52-46)41-27-26-36(31-13-7-6-8-14-31)37-15-9-10-16-38(37)41/h6-30H,1-5H3. The van der Waals surface area contributed by atoms with Crippen LogP contribution in [0.15, 0.2) is 152 Å². The minimum absolute atomic E-state index is 0.0731.